The van der Waals surface area contributed by atoms with Crippen LogP contribution in [0.5, 0.6) is 0 Å². The van der Waals surface area contributed by atoms with E-state index in [1.165, 1.54) is 11.3 Å². The normalized spacial score (nSPS) is 11.0. The lowest BCUT2D eigenvalue weighted by molar-refractivity contribution is 0.0976. The minimum atomic E-state index is -0.119. The van der Waals surface area contributed by atoms with Crippen LogP contribution in [-0.2, 0) is 13.6 Å². The SMILES string of the molecule is Cn1nccc1C(=O)N(Cc1ccccc1)c1nc2ccc(Br)cc2s1. The predicted octanol–water partition coefficient (Wildman–Crippen LogP) is 4.64. The van der Waals surface area contributed by atoms with Crippen LogP contribution >= 0.6 is 27.3 Å². The van der Waals surface area contributed by atoms with Crippen molar-refractivity contribution in [1.82, 2.24) is 14.8 Å². The monoisotopic (exact) mass is 426 g/mol. The summed E-state index contributed by atoms with van der Waals surface area (Å²) < 4.78 is 3.61. The molecule has 0 unspecified atom stereocenters. The fourth-order valence-corrected chi connectivity index (χ4v) is 4.23. The number of hydrogen-bond acceptors (Lipinski definition) is 4. The molecule has 1 amide bonds. The first-order valence-corrected chi connectivity index (χ1v) is 9.62. The minimum Gasteiger partial charge on any atom is -0.278 e. The number of benzene rings is 2. The number of rotatable bonds is 4. The van der Waals surface area contributed by atoms with Gasteiger partial charge in [0.1, 0.15) is 5.69 Å². The quantitative estimate of drug-likeness (QED) is 0.477. The standard InChI is InChI=1S/C19H15BrN4OS/c1-23-16(9-10-21-23)18(25)24(12-13-5-3-2-4-6-13)19-22-15-8-7-14(20)11-17(15)26-19/h2-11H,12H2,1H3. The van der Waals surface area contributed by atoms with Gasteiger partial charge in [-0.25, -0.2) is 4.98 Å². The van der Waals surface area contributed by atoms with Gasteiger partial charge >= 0.3 is 0 Å². The molecule has 0 radical (unpaired) electrons. The number of thiazole rings is 1. The van der Waals surface area contributed by atoms with Crippen LogP contribution in [0.2, 0.25) is 0 Å². The van der Waals surface area contributed by atoms with E-state index in [4.69, 9.17) is 0 Å². The molecular weight excluding hydrogens is 412 g/mol. The fourth-order valence-electron chi connectivity index (χ4n) is 2.72. The summed E-state index contributed by atoms with van der Waals surface area (Å²) in [7, 11) is 1.77. The smallest absolute Gasteiger partial charge is 0.278 e. The number of fused-ring (bicyclic) bond motifs is 1. The highest BCUT2D eigenvalue weighted by Gasteiger charge is 2.23. The van der Waals surface area contributed by atoms with Crippen LogP contribution in [0, 0.1) is 0 Å². The Morgan fingerprint density at radius 3 is 2.73 bits per heavy atom. The molecule has 130 valence electrons. The number of anilines is 1. The van der Waals surface area contributed by atoms with Gasteiger partial charge in [-0.1, -0.05) is 57.6 Å². The molecule has 0 aliphatic rings. The Bertz CT molecular complexity index is 1070. The lowest BCUT2D eigenvalue weighted by atomic mass is 10.2. The zero-order chi connectivity index (χ0) is 18.1. The third-order valence-corrected chi connectivity index (χ3v) is 5.57. The Labute approximate surface area is 163 Å². The highest BCUT2D eigenvalue weighted by molar-refractivity contribution is 9.10. The molecule has 2 heterocycles. The van der Waals surface area contributed by atoms with Crippen LogP contribution in [0.15, 0.2) is 65.3 Å². The van der Waals surface area contributed by atoms with Crippen LogP contribution in [0.4, 0.5) is 5.13 Å². The van der Waals surface area contributed by atoms with Gasteiger partial charge in [-0.2, -0.15) is 5.10 Å². The van der Waals surface area contributed by atoms with Crippen molar-refractivity contribution in [2.45, 2.75) is 6.54 Å². The first-order valence-electron chi connectivity index (χ1n) is 8.02. The molecule has 0 aliphatic carbocycles. The van der Waals surface area contributed by atoms with E-state index in [1.54, 1.807) is 28.9 Å². The molecular formula is C19H15BrN4OS. The second-order valence-corrected chi connectivity index (χ2v) is 7.75. The zero-order valence-corrected chi connectivity index (χ0v) is 16.4. The second kappa shape index (κ2) is 7.01. The highest BCUT2D eigenvalue weighted by atomic mass is 79.9. The van der Waals surface area contributed by atoms with Gasteiger partial charge in [0.25, 0.3) is 5.91 Å². The third kappa shape index (κ3) is 3.27. The largest absolute Gasteiger partial charge is 0.278 e. The fraction of sp³-hybridized carbons (Fsp3) is 0.105. The van der Waals surface area contributed by atoms with Crippen LogP contribution in [0.1, 0.15) is 16.1 Å². The molecule has 4 rings (SSSR count). The van der Waals surface area contributed by atoms with Gasteiger partial charge in [0, 0.05) is 17.7 Å². The van der Waals surface area contributed by atoms with Gasteiger partial charge < -0.3 is 0 Å². The molecule has 26 heavy (non-hydrogen) atoms. The summed E-state index contributed by atoms with van der Waals surface area (Å²) in [6.07, 6.45) is 1.63. The van der Waals surface area contributed by atoms with Gasteiger partial charge in [0.2, 0.25) is 0 Å². The molecule has 7 heteroatoms. The van der Waals surface area contributed by atoms with Gasteiger partial charge in [-0.3, -0.25) is 14.4 Å². The lowest BCUT2D eigenvalue weighted by Gasteiger charge is -2.20. The number of nitrogens with zero attached hydrogens (tertiary/aromatic N) is 4. The van der Waals surface area contributed by atoms with E-state index < -0.39 is 0 Å². The van der Waals surface area contributed by atoms with Crippen LogP contribution in [0.25, 0.3) is 10.2 Å². The first kappa shape index (κ1) is 16.9. The number of amides is 1. The van der Waals surface area contributed by atoms with Crippen LogP contribution in [0.3, 0.4) is 0 Å². The summed E-state index contributed by atoms with van der Waals surface area (Å²) in [5, 5.41) is 4.80. The molecule has 0 bridgehead atoms. The van der Waals surface area contributed by atoms with Crippen molar-refractivity contribution in [3.05, 3.63) is 76.5 Å². The van der Waals surface area contributed by atoms with E-state index in [-0.39, 0.29) is 5.91 Å². The number of carbonyl (C=O) groups excluding carboxylic acids is 1. The number of carbonyl (C=O) groups is 1. The van der Waals surface area contributed by atoms with Crippen LogP contribution < -0.4 is 4.90 Å². The third-order valence-electron chi connectivity index (χ3n) is 4.04. The van der Waals surface area contributed by atoms with Gasteiger partial charge in [-0.15, -0.1) is 0 Å². The van der Waals surface area contributed by atoms with E-state index in [1.807, 2.05) is 48.5 Å². The Morgan fingerprint density at radius 2 is 2.00 bits per heavy atom. The van der Waals surface area contributed by atoms with Gasteiger partial charge in [0.15, 0.2) is 5.13 Å². The summed E-state index contributed by atoms with van der Waals surface area (Å²) in [5.41, 5.74) is 2.45. The van der Waals surface area contributed by atoms with Crippen molar-refractivity contribution >= 4 is 48.5 Å². The molecule has 0 atom stereocenters. The van der Waals surface area contributed by atoms with Crippen molar-refractivity contribution < 1.29 is 4.79 Å². The molecule has 0 saturated carbocycles. The summed E-state index contributed by atoms with van der Waals surface area (Å²) in [6, 6.07) is 17.6. The van der Waals surface area contributed by atoms with E-state index in [0.717, 1.165) is 20.3 Å². The van der Waals surface area contributed by atoms with Crippen molar-refractivity contribution in [3.8, 4) is 0 Å². The maximum absolute atomic E-state index is 13.2. The Balaban J connectivity index is 1.78. The van der Waals surface area contributed by atoms with Crippen molar-refractivity contribution in [2.75, 3.05) is 4.90 Å². The first-order chi connectivity index (χ1) is 12.6. The molecule has 2 aromatic carbocycles. The number of halogens is 1. The molecule has 0 aliphatic heterocycles. The van der Waals surface area contributed by atoms with E-state index >= 15 is 0 Å². The Kier molecular flexibility index (Phi) is 4.57. The molecule has 2 aromatic heterocycles. The minimum absolute atomic E-state index is 0.119. The Hall–Kier alpha value is -2.51. The maximum Gasteiger partial charge on any atom is 0.278 e. The van der Waals surface area contributed by atoms with E-state index in [0.29, 0.717) is 17.4 Å². The maximum atomic E-state index is 13.2. The summed E-state index contributed by atoms with van der Waals surface area (Å²) in [6.45, 7) is 0.450. The number of aromatic nitrogens is 3. The molecule has 0 spiro atoms. The lowest BCUT2D eigenvalue weighted by Crippen LogP contribution is -2.31. The van der Waals surface area contributed by atoms with Crippen LogP contribution in [-0.4, -0.2) is 20.7 Å². The average molecular weight is 427 g/mol. The summed E-state index contributed by atoms with van der Waals surface area (Å²) in [5.74, 6) is -0.119. The number of hydrogen-bond donors (Lipinski definition) is 0. The zero-order valence-electron chi connectivity index (χ0n) is 14.0. The van der Waals surface area contributed by atoms with Gasteiger partial charge in [-0.05, 0) is 29.8 Å². The van der Waals surface area contributed by atoms with Crippen molar-refractivity contribution in [1.29, 1.82) is 0 Å². The molecule has 0 saturated heterocycles. The van der Waals surface area contributed by atoms with Crippen molar-refractivity contribution in [2.24, 2.45) is 7.05 Å². The Morgan fingerprint density at radius 1 is 1.19 bits per heavy atom. The summed E-state index contributed by atoms with van der Waals surface area (Å²) >= 11 is 4.99. The molecule has 0 N–H and O–H groups in total. The number of aryl methyl sites for hydroxylation is 1. The van der Waals surface area contributed by atoms with Crippen molar-refractivity contribution in [3.63, 3.8) is 0 Å². The second-order valence-electron chi connectivity index (χ2n) is 5.83. The molecule has 5 nitrogen and oxygen atoms in total. The van der Waals surface area contributed by atoms with E-state index in [2.05, 4.69) is 26.0 Å². The molecule has 4 aromatic rings. The average Bonchev–Trinajstić information content (AvgIpc) is 3.25. The highest BCUT2D eigenvalue weighted by Crippen LogP contribution is 2.32. The topological polar surface area (TPSA) is 51.0 Å². The van der Waals surface area contributed by atoms with Gasteiger partial charge in [0.05, 0.1) is 16.8 Å². The predicted molar refractivity (Wildman–Crippen MR) is 107 cm³/mol. The van der Waals surface area contributed by atoms with E-state index in [9.17, 15) is 4.79 Å². The summed E-state index contributed by atoms with van der Waals surface area (Å²) in [4.78, 5) is 19.6. The molecule has 0 fully saturated rings.